The van der Waals surface area contributed by atoms with Gasteiger partial charge in [0.15, 0.2) is 5.96 Å². The Morgan fingerprint density at radius 3 is 2.52 bits per heavy atom. The number of halogens is 1. The van der Waals surface area contributed by atoms with Gasteiger partial charge in [-0.25, -0.2) is 4.68 Å². The van der Waals surface area contributed by atoms with Crippen molar-refractivity contribution < 1.29 is 0 Å². The highest BCUT2D eigenvalue weighted by atomic mass is 127. The number of hydrogen-bond donors (Lipinski definition) is 3. The van der Waals surface area contributed by atoms with Gasteiger partial charge in [-0.1, -0.05) is 42.5 Å². The molecule has 8 heteroatoms. The lowest BCUT2D eigenvalue weighted by Crippen LogP contribution is -2.37. The zero-order valence-electron chi connectivity index (χ0n) is 17.8. The Balaban J connectivity index is 0.00000341. The summed E-state index contributed by atoms with van der Waals surface area (Å²) < 4.78 is 1.63. The third kappa shape index (κ3) is 6.21. The number of nitrogen functional groups attached to an aromatic ring is 1. The fourth-order valence-electron chi connectivity index (χ4n) is 3.21. The van der Waals surface area contributed by atoms with Crippen molar-refractivity contribution in [2.75, 3.05) is 19.3 Å². The number of para-hydroxylation sites is 1. The van der Waals surface area contributed by atoms with E-state index >= 15 is 0 Å². The first-order valence-electron chi connectivity index (χ1n) is 9.96. The number of nitrogens with one attached hydrogen (secondary N) is 2. The van der Waals surface area contributed by atoms with E-state index in [1.165, 1.54) is 11.1 Å². The van der Waals surface area contributed by atoms with Gasteiger partial charge in [0.25, 0.3) is 0 Å². The molecule has 162 valence electrons. The highest BCUT2D eigenvalue weighted by molar-refractivity contribution is 14.0. The molecule has 0 saturated heterocycles. The van der Waals surface area contributed by atoms with E-state index in [0.29, 0.717) is 36.6 Å². The lowest BCUT2D eigenvalue weighted by molar-refractivity contribution is 0.721. The van der Waals surface area contributed by atoms with Crippen molar-refractivity contribution in [2.45, 2.75) is 26.3 Å². The van der Waals surface area contributed by atoms with Gasteiger partial charge in [0.05, 0.1) is 11.4 Å². The number of nitriles is 1. The van der Waals surface area contributed by atoms with Crippen molar-refractivity contribution in [3.05, 3.63) is 77.0 Å². The van der Waals surface area contributed by atoms with Crippen LogP contribution >= 0.6 is 24.0 Å². The van der Waals surface area contributed by atoms with E-state index < -0.39 is 0 Å². The molecule has 31 heavy (non-hydrogen) atoms. The number of aryl methyl sites for hydroxylation is 2. The van der Waals surface area contributed by atoms with Gasteiger partial charge in [0, 0.05) is 20.1 Å². The fraction of sp³-hybridized carbons (Fsp3) is 0.261. The van der Waals surface area contributed by atoms with E-state index in [0.717, 1.165) is 18.1 Å². The highest BCUT2D eigenvalue weighted by Gasteiger charge is 2.16. The summed E-state index contributed by atoms with van der Waals surface area (Å²) in [4.78, 5) is 4.27. The number of hydrogen-bond acceptors (Lipinski definition) is 4. The van der Waals surface area contributed by atoms with Crippen LogP contribution in [0.25, 0.3) is 5.69 Å². The molecule has 7 nitrogen and oxygen atoms in total. The summed E-state index contributed by atoms with van der Waals surface area (Å²) in [5, 5.41) is 20.7. The van der Waals surface area contributed by atoms with Gasteiger partial charge < -0.3 is 16.4 Å². The smallest absolute Gasteiger partial charge is 0.191 e. The number of nitrogens with zero attached hydrogens (tertiary/aromatic N) is 4. The quantitative estimate of drug-likeness (QED) is 0.188. The van der Waals surface area contributed by atoms with E-state index in [1.807, 2.05) is 42.5 Å². The van der Waals surface area contributed by atoms with Gasteiger partial charge >= 0.3 is 0 Å². The minimum atomic E-state index is 0. The summed E-state index contributed by atoms with van der Waals surface area (Å²) in [5.74, 6) is 1.12. The molecule has 0 spiro atoms. The lowest BCUT2D eigenvalue weighted by Gasteiger charge is -2.13. The van der Waals surface area contributed by atoms with Crippen molar-refractivity contribution in [1.82, 2.24) is 20.4 Å². The number of benzene rings is 2. The number of anilines is 1. The first-order valence-corrected chi connectivity index (χ1v) is 9.96. The zero-order chi connectivity index (χ0) is 21.3. The van der Waals surface area contributed by atoms with Crippen molar-refractivity contribution in [2.24, 2.45) is 4.99 Å². The van der Waals surface area contributed by atoms with Gasteiger partial charge in [0.1, 0.15) is 17.5 Å². The number of aliphatic imine (C=N–C) groups is 1. The molecule has 1 aromatic heterocycles. The van der Waals surface area contributed by atoms with Gasteiger partial charge in [-0.2, -0.15) is 10.4 Å². The SMILES string of the molecule is CN=C(NCCCc1nn(-c2ccccc2)c(N)c1C#N)NCc1ccccc1C.I. The molecule has 2 aromatic carbocycles. The fourth-order valence-corrected chi connectivity index (χ4v) is 3.21. The average Bonchev–Trinajstić information content (AvgIpc) is 3.10. The summed E-state index contributed by atoms with van der Waals surface area (Å²) in [6, 6.07) is 20.1. The molecule has 0 aliphatic carbocycles. The maximum Gasteiger partial charge on any atom is 0.191 e. The van der Waals surface area contributed by atoms with Gasteiger partial charge in [-0.3, -0.25) is 4.99 Å². The van der Waals surface area contributed by atoms with Crippen LogP contribution in [0.3, 0.4) is 0 Å². The maximum absolute atomic E-state index is 9.51. The molecule has 3 aromatic rings. The Morgan fingerprint density at radius 1 is 1.13 bits per heavy atom. The first kappa shape index (κ1) is 24.2. The Morgan fingerprint density at radius 2 is 1.84 bits per heavy atom. The summed E-state index contributed by atoms with van der Waals surface area (Å²) in [7, 11) is 1.75. The first-order chi connectivity index (χ1) is 14.6. The number of rotatable bonds is 7. The molecular weight excluding hydrogens is 501 g/mol. The molecule has 3 rings (SSSR count). The minimum absolute atomic E-state index is 0. The second kappa shape index (κ2) is 12.0. The van der Waals surface area contributed by atoms with Gasteiger partial charge in [-0.05, 0) is 43.0 Å². The van der Waals surface area contributed by atoms with Crippen LogP contribution in [0.5, 0.6) is 0 Å². The average molecular weight is 529 g/mol. The van der Waals surface area contributed by atoms with E-state index in [9.17, 15) is 5.26 Å². The van der Waals surface area contributed by atoms with Gasteiger partial charge in [-0.15, -0.1) is 24.0 Å². The van der Waals surface area contributed by atoms with E-state index in [2.05, 4.69) is 45.9 Å². The van der Waals surface area contributed by atoms with E-state index in [-0.39, 0.29) is 24.0 Å². The second-order valence-electron chi connectivity index (χ2n) is 6.95. The van der Waals surface area contributed by atoms with Gasteiger partial charge in [0.2, 0.25) is 0 Å². The monoisotopic (exact) mass is 529 g/mol. The van der Waals surface area contributed by atoms with Crippen molar-refractivity contribution in [1.29, 1.82) is 5.26 Å². The molecule has 0 fully saturated rings. The number of guanidine groups is 1. The van der Waals surface area contributed by atoms with E-state index in [4.69, 9.17) is 5.73 Å². The topological polar surface area (TPSA) is 104 Å². The molecule has 4 N–H and O–H groups in total. The predicted molar refractivity (Wildman–Crippen MR) is 136 cm³/mol. The number of nitrogens with two attached hydrogens (primary N) is 1. The van der Waals surface area contributed by atoms with Crippen LogP contribution in [0.15, 0.2) is 59.6 Å². The predicted octanol–water partition coefficient (Wildman–Crippen LogP) is 3.55. The minimum Gasteiger partial charge on any atom is -0.382 e. The summed E-state index contributed by atoms with van der Waals surface area (Å²) >= 11 is 0. The summed E-state index contributed by atoms with van der Waals surface area (Å²) in [6.45, 7) is 3.51. The van der Waals surface area contributed by atoms with Crippen molar-refractivity contribution >= 4 is 35.8 Å². The van der Waals surface area contributed by atoms with Crippen LogP contribution in [0.4, 0.5) is 5.82 Å². The van der Waals surface area contributed by atoms with Crippen LogP contribution in [-0.4, -0.2) is 29.3 Å². The molecule has 0 bridgehead atoms. The molecule has 0 aliphatic rings. The third-order valence-corrected chi connectivity index (χ3v) is 4.92. The molecule has 0 amide bonds. The molecule has 0 saturated carbocycles. The molecule has 1 heterocycles. The highest BCUT2D eigenvalue weighted by Crippen LogP contribution is 2.21. The van der Waals surface area contributed by atoms with Crippen LogP contribution in [0.2, 0.25) is 0 Å². The van der Waals surface area contributed by atoms with Crippen LogP contribution in [-0.2, 0) is 13.0 Å². The molecule has 0 radical (unpaired) electrons. The number of aromatic nitrogens is 2. The normalized spacial score (nSPS) is 10.8. The molecule has 0 atom stereocenters. The standard InChI is InChI=1S/C23H27N7.HI/c1-17-9-6-7-10-18(17)16-28-23(26-2)27-14-8-13-21-20(15-24)22(25)30(29-21)19-11-4-3-5-12-19;/h3-7,9-12H,8,13-14,16,25H2,1-2H3,(H2,26,27,28);1H. The van der Waals surface area contributed by atoms with Crippen molar-refractivity contribution in [3.63, 3.8) is 0 Å². The third-order valence-electron chi connectivity index (χ3n) is 4.92. The molecular formula is C23H28IN7. The molecule has 0 unspecified atom stereocenters. The Hall–Kier alpha value is -3.06. The zero-order valence-corrected chi connectivity index (χ0v) is 20.1. The Kier molecular flexibility index (Phi) is 9.34. The van der Waals surface area contributed by atoms with Crippen molar-refractivity contribution in [3.8, 4) is 11.8 Å². The summed E-state index contributed by atoms with van der Waals surface area (Å²) in [6.07, 6.45) is 1.44. The Bertz CT molecular complexity index is 1050. The van der Waals surface area contributed by atoms with Crippen LogP contribution < -0.4 is 16.4 Å². The lowest BCUT2D eigenvalue weighted by atomic mass is 10.1. The second-order valence-corrected chi connectivity index (χ2v) is 6.95. The largest absolute Gasteiger partial charge is 0.382 e. The summed E-state index contributed by atoms with van der Waals surface area (Å²) in [5.41, 5.74) is 10.6. The maximum atomic E-state index is 9.51. The van der Waals surface area contributed by atoms with Crippen LogP contribution in [0.1, 0.15) is 28.8 Å². The molecule has 0 aliphatic heterocycles. The Labute approximate surface area is 200 Å². The van der Waals surface area contributed by atoms with Crippen LogP contribution in [0, 0.1) is 18.3 Å². The van der Waals surface area contributed by atoms with E-state index in [1.54, 1.807) is 11.7 Å².